The molecule has 1 heterocycles. The molecule has 1 atom stereocenters. The van der Waals surface area contributed by atoms with E-state index in [-0.39, 0.29) is 16.1 Å². The van der Waals surface area contributed by atoms with Gasteiger partial charge in [-0.3, -0.25) is 4.79 Å². The van der Waals surface area contributed by atoms with E-state index in [1.54, 1.807) is 13.8 Å². The van der Waals surface area contributed by atoms with Crippen molar-refractivity contribution in [2.24, 2.45) is 0 Å². The van der Waals surface area contributed by atoms with E-state index in [1.165, 1.54) is 25.3 Å². The normalized spacial score (nSPS) is 13.3. The minimum atomic E-state index is -3.80. The van der Waals surface area contributed by atoms with Gasteiger partial charge in [0, 0.05) is 12.2 Å². The van der Waals surface area contributed by atoms with Crippen molar-refractivity contribution in [2.45, 2.75) is 37.8 Å². The monoisotopic (exact) mass is 305 g/mol. The van der Waals surface area contributed by atoms with Crippen molar-refractivity contribution in [2.75, 3.05) is 0 Å². The molecule has 0 aliphatic rings. The highest BCUT2D eigenvalue weighted by Gasteiger charge is 2.22. The van der Waals surface area contributed by atoms with E-state index in [0.29, 0.717) is 0 Å². The first-order valence-corrected chi connectivity index (χ1v) is 7.53. The van der Waals surface area contributed by atoms with Crippen LogP contribution in [-0.4, -0.2) is 31.4 Å². The average Bonchev–Trinajstić information content (AvgIpc) is 2.27. The lowest BCUT2D eigenvalue weighted by atomic mass is 10.3. The molecule has 1 rings (SSSR count). The molecule has 1 aromatic rings. The number of pyridine rings is 1. The van der Waals surface area contributed by atoms with Gasteiger partial charge in [-0.15, -0.1) is 0 Å². The third-order valence-corrected chi connectivity index (χ3v) is 3.91. The molecule has 0 radical (unpaired) electrons. The molecular weight excluding hydrogens is 290 g/mol. The van der Waals surface area contributed by atoms with E-state index in [2.05, 4.69) is 15.0 Å². The highest BCUT2D eigenvalue weighted by Crippen LogP contribution is 2.13. The molecule has 0 spiro atoms. The summed E-state index contributed by atoms with van der Waals surface area (Å²) in [6, 6.07) is 1.59. The molecule has 6 nitrogen and oxygen atoms in total. The summed E-state index contributed by atoms with van der Waals surface area (Å²) in [6.45, 7) is 5.06. The number of aromatic nitrogens is 1. The van der Waals surface area contributed by atoms with Gasteiger partial charge in [-0.05, 0) is 32.9 Å². The highest BCUT2D eigenvalue weighted by molar-refractivity contribution is 7.89. The smallest absolute Gasteiger partial charge is 0.241 e. The Kier molecular flexibility index (Phi) is 5.28. The topological polar surface area (TPSA) is 88.2 Å². The molecule has 0 saturated heterocycles. The lowest BCUT2D eigenvalue weighted by Gasteiger charge is -2.16. The third-order valence-electron chi connectivity index (χ3n) is 2.16. The second-order valence-corrected chi connectivity index (χ2v) is 6.42. The predicted octanol–water partition coefficient (Wildman–Crippen LogP) is 0.926. The maximum Gasteiger partial charge on any atom is 0.241 e. The summed E-state index contributed by atoms with van der Waals surface area (Å²) < 4.78 is 26.3. The van der Waals surface area contributed by atoms with Crippen molar-refractivity contribution in [3.63, 3.8) is 0 Å². The number of halogens is 1. The molecule has 106 valence electrons. The minimum Gasteiger partial charge on any atom is -0.353 e. The Morgan fingerprint density at radius 2 is 2.00 bits per heavy atom. The van der Waals surface area contributed by atoms with Crippen LogP contribution in [0, 0.1) is 0 Å². The van der Waals surface area contributed by atoms with Crippen LogP contribution in [-0.2, 0) is 14.8 Å². The summed E-state index contributed by atoms with van der Waals surface area (Å²) in [5.74, 6) is -0.390. The van der Waals surface area contributed by atoms with Crippen LogP contribution < -0.4 is 10.0 Å². The van der Waals surface area contributed by atoms with Gasteiger partial charge >= 0.3 is 0 Å². The van der Waals surface area contributed by atoms with E-state index in [1.807, 2.05) is 0 Å². The highest BCUT2D eigenvalue weighted by atomic mass is 35.5. The lowest BCUT2D eigenvalue weighted by molar-refractivity contribution is -0.122. The summed E-state index contributed by atoms with van der Waals surface area (Å²) in [5, 5.41) is 2.70. The Morgan fingerprint density at radius 3 is 2.53 bits per heavy atom. The van der Waals surface area contributed by atoms with Gasteiger partial charge in [0.25, 0.3) is 0 Å². The Hall–Kier alpha value is -1.18. The number of sulfonamides is 1. The molecule has 0 aliphatic heterocycles. The number of nitrogens with zero attached hydrogens (tertiary/aromatic N) is 1. The van der Waals surface area contributed by atoms with Gasteiger partial charge < -0.3 is 5.32 Å². The molecule has 2 N–H and O–H groups in total. The van der Waals surface area contributed by atoms with Gasteiger partial charge in [-0.25, -0.2) is 13.4 Å². The van der Waals surface area contributed by atoms with E-state index in [0.717, 1.165) is 0 Å². The average molecular weight is 306 g/mol. The summed E-state index contributed by atoms with van der Waals surface area (Å²) in [6.07, 6.45) is 1.29. The molecule has 0 aliphatic carbocycles. The number of hydrogen-bond acceptors (Lipinski definition) is 4. The number of amides is 1. The maximum absolute atomic E-state index is 12.0. The Labute approximate surface area is 117 Å². The fraction of sp³-hybridized carbons (Fsp3) is 0.455. The Morgan fingerprint density at radius 1 is 1.37 bits per heavy atom. The Balaban J connectivity index is 2.83. The largest absolute Gasteiger partial charge is 0.353 e. The fourth-order valence-corrected chi connectivity index (χ4v) is 2.77. The lowest BCUT2D eigenvalue weighted by Crippen LogP contribution is -2.46. The van der Waals surface area contributed by atoms with Gasteiger partial charge in [-0.2, -0.15) is 4.72 Å². The first-order valence-electron chi connectivity index (χ1n) is 5.66. The number of carbonyl (C=O) groups is 1. The summed E-state index contributed by atoms with van der Waals surface area (Å²) in [5.41, 5.74) is 0. The zero-order valence-corrected chi connectivity index (χ0v) is 12.4. The predicted molar refractivity (Wildman–Crippen MR) is 72.3 cm³/mol. The molecule has 19 heavy (non-hydrogen) atoms. The van der Waals surface area contributed by atoms with Gasteiger partial charge in [0.05, 0.1) is 10.9 Å². The number of nitrogens with one attached hydrogen (secondary N) is 2. The molecule has 1 unspecified atom stereocenters. The standard InChI is InChI=1S/C11H16ClN3O3S/c1-7(2)14-11(16)8(3)15-19(17,18)9-4-5-13-10(12)6-9/h4-8,15H,1-3H3,(H,14,16). The van der Waals surface area contributed by atoms with Crippen LogP contribution >= 0.6 is 11.6 Å². The minimum absolute atomic E-state index is 0.0308. The molecule has 0 bridgehead atoms. The quantitative estimate of drug-likeness (QED) is 0.792. The van der Waals surface area contributed by atoms with Crippen molar-refractivity contribution in [3.05, 3.63) is 23.5 Å². The molecule has 8 heteroatoms. The Bertz CT molecular complexity index is 560. The van der Waals surface area contributed by atoms with Crippen LogP contribution in [0.2, 0.25) is 5.15 Å². The van der Waals surface area contributed by atoms with Crippen LogP contribution in [0.4, 0.5) is 0 Å². The van der Waals surface area contributed by atoms with Crippen molar-refractivity contribution < 1.29 is 13.2 Å². The summed E-state index contributed by atoms with van der Waals surface area (Å²) in [4.78, 5) is 15.3. The van der Waals surface area contributed by atoms with Gasteiger partial charge in [0.1, 0.15) is 5.15 Å². The van der Waals surface area contributed by atoms with Crippen LogP contribution in [0.25, 0.3) is 0 Å². The molecule has 0 aromatic carbocycles. The molecule has 1 aromatic heterocycles. The maximum atomic E-state index is 12.0. The van der Waals surface area contributed by atoms with Gasteiger partial charge in [-0.1, -0.05) is 11.6 Å². The van der Waals surface area contributed by atoms with Gasteiger partial charge in [0.2, 0.25) is 15.9 Å². The second-order valence-electron chi connectivity index (χ2n) is 4.32. The number of rotatable bonds is 5. The third kappa shape index (κ3) is 4.77. The van der Waals surface area contributed by atoms with Crippen molar-refractivity contribution >= 4 is 27.5 Å². The number of hydrogen-bond donors (Lipinski definition) is 2. The second kappa shape index (κ2) is 6.31. The van der Waals surface area contributed by atoms with Crippen LogP contribution in [0.5, 0.6) is 0 Å². The molecule has 1 amide bonds. The van der Waals surface area contributed by atoms with Crippen molar-refractivity contribution in [1.29, 1.82) is 0 Å². The molecule has 0 saturated carbocycles. The van der Waals surface area contributed by atoms with Gasteiger partial charge in [0.15, 0.2) is 0 Å². The summed E-state index contributed by atoms with van der Waals surface area (Å²) >= 11 is 5.64. The zero-order valence-electron chi connectivity index (χ0n) is 10.8. The van der Waals surface area contributed by atoms with Crippen LogP contribution in [0.3, 0.4) is 0 Å². The van der Waals surface area contributed by atoms with E-state index in [4.69, 9.17) is 11.6 Å². The molecule has 0 fully saturated rings. The van der Waals surface area contributed by atoms with Crippen molar-refractivity contribution in [3.8, 4) is 0 Å². The van der Waals surface area contributed by atoms with Crippen molar-refractivity contribution in [1.82, 2.24) is 15.0 Å². The van der Waals surface area contributed by atoms with E-state index in [9.17, 15) is 13.2 Å². The van der Waals surface area contributed by atoms with Crippen LogP contribution in [0.15, 0.2) is 23.2 Å². The summed E-state index contributed by atoms with van der Waals surface area (Å²) in [7, 11) is -3.80. The fourth-order valence-electron chi connectivity index (χ4n) is 1.32. The van der Waals surface area contributed by atoms with E-state index >= 15 is 0 Å². The zero-order chi connectivity index (χ0) is 14.6. The van der Waals surface area contributed by atoms with E-state index < -0.39 is 22.0 Å². The first kappa shape index (κ1) is 15.9. The molecular formula is C11H16ClN3O3S. The first-order chi connectivity index (χ1) is 8.72. The SMILES string of the molecule is CC(C)NC(=O)C(C)NS(=O)(=O)c1ccnc(Cl)c1. The van der Waals surface area contributed by atoms with Crippen LogP contribution in [0.1, 0.15) is 20.8 Å². The number of carbonyl (C=O) groups excluding carboxylic acids is 1.